The molecule has 1 unspecified atom stereocenters. The van der Waals surface area contributed by atoms with Crippen LogP contribution in [0.4, 0.5) is 23.4 Å². The lowest BCUT2D eigenvalue weighted by Crippen LogP contribution is -2.43. The fraction of sp³-hybridized carbons (Fsp3) is 0.459. The van der Waals surface area contributed by atoms with Crippen LogP contribution < -0.4 is 10.6 Å². The van der Waals surface area contributed by atoms with Gasteiger partial charge in [0, 0.05) is 42.4 Å². The Morgan fingerprint density at radius 2 is 1.85 bits per heavy atom. The van der Waals surface area contributed by atoms with E-state index < -0.39 is 35.7 Å². The Morgan fingerprint density at radius 3 is 2.61 bits per heavy atom. The monoisotopic (exact) mass is 746 g/mol. The van der Waals surface area contributed by atoms with Gasteiger partial charge in [-0.25, -0.2) is 14.4 Å². The summed E-state index contributed by atoms with van der Waals surface area (Å²) in [5.74, 6) is -1.22. The first-order valence-corrected chi connectivity index (χ1v) is 18.1. The molecule has 2 aliphatic heterocycles. The highest BCUT2D eigenvalue weighted by Crippen LogP contribution is 2.39. The van der Waals surface area contributed by atoms with Gasteiger partial charge in [-0.05, 0) is 75.6 Å². The molecule has 3 amide bonds. The van der Waals surface area contributed by atoms with E-state index in [4.69, 9.17) is 5.10 Å². The van der Waals surface area contributed by atoms with Crippen molar-refractivity contribution in [2.24, 2.45) is 5.92 Å². The second-order valence-corrected chi connectivity index (χ2v) is 14.6. The number of imide groups is 1. The maximum absolute atomic E-state index is 16.0. The summed E-state index contributed by atoms with van der Waals surface area (Å²) >= 11 is 0. The Kier molecular flexibility index (Phi) is 9.36. The Bertz CT molecular complexity index is 2250. The Balaban J connectivity index is 0.862. The van der Waals surface area contributed by atoms with E-state index in [0.717, 1.165) is 72.5 Å². The second kappa shape index (κ2) is 14.2. The van der Waals surface area contributed by atoms with Gasteiger partial charge < -0.3 is 10.2 Å². The van der Waals surface area contributed by atoms with E-state index in [0.29, 0.717) is 37.0 Å². The van der Waals surface area contributed by atoms with Gasteiger partial charge in [-0.2, -0.15) is 23.4 Å². The largest absolute Gasteiger partial charge is 0.434 e. The molecule has 54 heavy (non-hydrogen) atoms. The fourth-order valence-electron chi connectivity index (χ4n) is 8.31. The molecule has 6 heterocycles. The van der Waals surface area contributed by atoms with Crippen molar-refractivity contribution in [2.75, 3.05) is 25.0 Å². The topological polar surface area (TPSA) is 153 Å². The number of nitrogens with zero attached hydrogens (tertiary/aromatic N) is 8. The normalized spacial score (nSPS) is 24.2. The zero-order valence-electron chi connectivity index (χ0n) is 29.4. The minimum atomic E-state index is -4.73. The third-order valence-corrected chi connectivity index (χ3v) is 11.0. The van der Waals surface area contributed by atoms with Crippen LogP contribution in [0.15, 0.2) is 49.1 Å². The van der Waals surface area contributed by atoms with Crippen LogP contribution in [-0.4, -0.2) is 82.9 Å². The van der Waals surface area contributed by atoms with Crippen molar-refractivity contribution in [3.8, 4) is 0 Å². The molecule has 4 aromatic heterocycles. The number of aromatic nitrogens is 7. The molecule has 0 spiro atoms. The molecule has 5 aromatic rings. The average Bonchev–Trinajstić information content (AvgIpc) is 3.72. The SMILES string of the molecule is Cc1nn(C2CCC(=O)NC2=O)c2cccc([C@@H]3CCN(CC4CCC(n5cc6cc(NC(=O)c7cncc(C(F)(F)F)n7)ncc6n5)CC4)C[C@H]3F)c12. The molecule has 17 heteroatoms. The van der Waals surface area contributed by atoms with Crippen molar-refractivity contribution in [3.63, 3.8) is 0 Å². The van der Waals surface area contributed by atoms with Crippen LogP contribution in [0, 0.1) is 12.8 Å². The van der Waals surface area contributed by atoms with Crippen molar-refractivity contribution in [2.45, 2.75) is 82.2 Å². The van der Waals surface area contributed by atoms with Crippen molar-refractivity contribution < 1.29 is 31.9 Å². The number of alkyl halides is 4. The highest BCUT2D eigenvalue weighted by Gasteiger charge is 2.36. The first kappa shape index (κ1) is 35.7. The van der Waals surface area contributed by atoms with Crippen LogP contribution in [0.5, 0.6) is 0 Å². The predicted molar refractivity (Wildman–Crippen MR) is 188 cm³/mol. The summed E-state index contributed by atoms with van der Waals surface area (Å²) in [6.07, 6.45) is 4.16. The Morgan fingerprint density at radius 1 is 1.04 bits per heavy atom. The van der Waals surface area contributed by atoms with Crippen LogP contribution >= 0.6 is 0 Å². The van der Waals surface area contributed by atoms with Gasteiger partial charge in [0.15, 0.2) is 5.69 Å². The van der Waals surface area contributed by atoms with Crippen molar-refractivity contribution >= 4 is 45.3 Å². The van der Waals surface area contributed by atoms with Crippen LogP contribution in [0.1, 0.15) is 90.4 Å². The van der Waals surface area contributed by atoms with Gasteiger partial charge >= 0.3 is 6.18 Å². The fourth-order valence-corrected chi connectivity index (χ4v) is 8.31. The van der Waals surface area contributed by atoms with Crippen LogP contribution in [-0.2, 0) is 15.8 Å². The summed E-state index contributed by atoms with van der Waals surface area (Å²) in [5, 5.41) is 15.9. The zero-order valence-corrected chi connectivity index (χ0v) is 29.4. The number of carbonyl (C=O) groups is 3. The quantitative estimate of drug-likeness (QED) is 0.158. The maximum Gasteiger partial charge on any atom is 0.434 e. The predicted octanol–water partition coefficient (Wildman–Crippen LogP) is 5.69. The van der Waals surface area contributed by atoms with E-state index in [9.17, 15) is 27.6 Å². The standard InChI is InChI=1S/C37H38F4N10O3/c1-20-34-25(3-2-4-29(34)51(47-20)30-9-10-33(52)46-36(30)54)24-11-12-49(19-26(24)38)17-21-5-7-23(8-6-21)50-18-22-13-32(43-15-27(22)48-50)45-35(53)28-14-42-16-31(44-28)37(39,40)41/h2-4,13-16,18,21,23-24,26,30H,5-12,17,19H2,1H3,(H,45,53)(H,46,52,54)/t21?,23?,24-,26+,30?/m0/s1. The molecule has 2 N–H and O–H groups in total. The number of amides is 3. The second-order valence-electron chi connectivity index (χ2n) is 14.6. The van der Waals surface area contributed by atoms with Gasteiger partial charge in [0.2, 0.25) is 5.91 Å². The molecular formula is C37H38F4N10O3. The van der Waals surface area contributed by atoms with Gasteiger partial charge in [-0.3, -0.25) is 34.0 Å². The van der Waals surface area contributed by atoms with Gasteiger partial charge in [-0.1, -0.05) is 12.1 Å². The summed E-state index contributed by atoms with van der Waals surface area (Å²) < 4.78 is 58.7. The van der Waals surface area contributed by atoms with Crippen LogP contribution in [0.25, 0.3) is 21.8 Å². The number of fused-ring (bicyclic) bond motifs is 2. The number of piperidine rings is 2. The highest BCUT2D eigenvalue weighted by atomic mass is 19.4. The summed E-state index contributed by atoms with van der Waals surface area (Å²) in [5.41, 5.74) is 1.33. The average molecular weight is 747 g/mol. The van der Waals surface area contributed by atoms with E-state index >= 15 is 4.39 Å². The number of benzene rings is 1. The van der Waals surface area contributed by atoms with E-state index in [1.165, 1.54) is 6.20 Å². The molecule has 3 aliphatic rings. The molecule has 1 saturated carbocycles. The Labute approximate surface area is 306 Å². The number of rotatable bonds is 7. The van der Waals surface area contributed by atoms with Crippen molar-refractivity contribution in [1.29, 1.82) is 0 Å². The minimum Gasteiger partial charge on any atom is -0.305 e. The molecule has 3 atom stereocenters. The van der Waals surface area contributed by atoms with Crippen molar-refractivity contribution in [3.05, 3.63) is 71.7 Å². The third kappa shape index (κ3) is 7.03. The van der Waals surface area contributed by atoms with E-state index in [-0.39, 0.29) is 36.0 Å². The van der Waals surface area contributed by atoms with Crippen LogP contribution in [0.2, 0.25) is 0 Å². The number of nitrogens with one attached hydrogen (secondary N) is 2. The number of aryl methyl sites for hydroxylation is 1. The number of pyridine rings is 1. The molecule has 1 aliphatic carbocycles. The van der Waals surface area contributed by atoms with Crippen molar-refractivity contribution in [1.82, 2.24) is 44.7 Å². The lowest BCUT2D eigenvalue weighted by atomic mass is 9.83. The summed E-state index contributed by atoms with van der Waals surface area (Å²) in [4.78, 5) is 50.2. The molecule has 8 rings (SSSR count). The number of hydrogen-bond acceptors (Lipinski definition) is 9. The molecular weight excluding hydrogens is 708 g/mol. The molecule has 2 saturated heterocycles. The summed E-state index contributed by atoms with van der Waals surface area (Å²) in [7, 11) is 0. The number of halogens is 4. The highest BCUT2D eigenvalue weighted by molar-refractivity contribution is 6.03. The molecule has 13 nitrogen and oxygen atoms in total. The Hall–Kier alpha value is -5.32. The number of likely N-dealkylation sites (tertiary alicyclic amines) is 1. The molecule has 1 aromatic carbocycles. The van der Waals surface area contributed by atoms with E-state index in [1.807, 2.05) is 36.0 Å². The first-order valence-electron chi connectivity index (χ1n) is 18.1. The summed E-state index contributed by atoms with van der Waals surface area (Å²) in [6.45, 7) is 3.83. The number of hydrogen-bond donors (Lipinski definition) is 2. The number of anilines is 1. The van der Waals surface area contributed by atoms with E-state index in [1.54, 1.807) is 10.7 Å². The first-order chi connectivity index (χ1) is 25.9. The van der Waals surface area contributed by atoms with Gasteiger partial charge in [0.1, 0.15) is 29.2 Å². The molecule has 3 fully saturated rings. The lowest BCUT2D eigenvalue weighted by Gasteiger charge is -2.38. The number of carbonyl (C=O) groups excluding carboxylic acids is 3. The third-order valence-electron chi connectivity index (χ3n) is 11.0. The van der Waals surface area contributed by atoms with Gasteiger partial charge in [0.25, 0.3) is 11.8 Å². The minimum absolute atomic E-state index is 0.152. The maximum atomic E-state index is 16.0. The molecule has 282 valence electrons. The van der Waals surface area contributed by atoms with E-state index in [2.05, 4.69) is 35.6 Å². The zero-order chi connectivity index (χ0) is 37.7. The van der Waals surface area contributed by atoms with Gasteiger partial charge in [0.05, 0.1) is 35.8 Å². The summed E-state index contributed by atoms with van der Waals surface area (Å²) in [6, 6.07) is 6.98. The molecule has 0 radical (unpaired) electrons. The smallest absolute Gasteiger partial charge is 0.305 e. The van der Waals surface area contributed by atoms with Crippen LogP contribution in [0.3, 0.4) is 0 Å². The lowest BCUT2D eigenvalue weighted by molar-refractivity contribution is -0.141. The molecule has 0 bridgehead atoms. The van der Waals surface area contributed by atoms with Gasteiger partial charge in [-0.15, -0.1) is 0 Å².